The summed E-state index contributed by atoms with van der Waals surface area (Å²) in [5.41, 5.74) is 0. The number of aliphatic carboxylic acids is 1. The van der Waals surface area contributed by atoms with Crippen molar-refractivity contribution in [3.63, 3.8) is 0 Å². The van der Waals surface area contributed by atoms with Crippen molar-refractivity contribution in [2.75, 3.05) is 0 Å². The molecule has 1 saturated carbocycles. The van der Waals surface area contributed by atoms with Gasteiger partial charge in [0.1, 0.15) is 0 Å². The van der Waals surface area contributed by atoms with E-state index in [1.54, 1.807) is 11.3 Å². The highest BCUT2D eigenvalue weighted by atomic mass is 32.1. The second-order valence-electron chi connectivity index (χ2n) is 5.18. The molecule has 4 unspecified atom stereocenters. The Morgan fingerprint density at radius 3 is 3.17 bits per heavy atom. The average Bonchev–Trinajstić information content (AvgIpc) is 2.92. The van der Waals surface area contributed by atoms with Crippen LogP contribution in [0.5, 0.6) is 0 Å². The summed E-state index contributed by atoms with van der Waals surface area (Å²) < 4.78 is 0. The zero-order valence-corrected chi connectivity index (χ0v) is 10.9. The molecular weight excluding hydrogens is 246 g/mol. The number of carbonyl (C=O) groups is 1. The van der Waals surface area contributed by atoms with Gasteiger partial charge in [0.25, 0.3) is 0 Å². The van der Waals surface area contributed by atoms with E-state index in [-0.39, 0.29) is 12.5 Å². The van der Waals surface area contributed by atoms with Gasteiger partial charge in [0, 0.05) is 10.9 Å². The van der Waals surface area contributed by atoms with Crippen LogP contribution in [0, 0.1) is 11.8 Å². The SMILES string of the molecule is O=C(O)CC(NC1CC2CC=CC21)c1cccs1. The fourth-order valence-electron chi connectivity index (χ4n) is 3.07. The minimum Gasteiger partial charge on any atom is -0.481 e. The van der Waals surface area contributed by atoms with Gasteiger partial charge in [0.05, 0.1) is 12.5 Å². The lowest BCUT2D eigenvalue weighted by atomic mass is 9.71. The molecule has 2 N–H and O–H groups in total. The Labute approximate surface area is 111 Å². The van der Waals surface area contributed by atoms with E-state index in [0.29, 0.717) is 12.0 Å². The molecule has 4 heteroatoms. The van der Waals surface area contributed by atoms with Gasteiger partial charge < -0.3 is 10.4 Å². The van der Waals surface area contributed by atoms with Crippen molar-refractivity contribution < 1.29 is 9.90 Å². The lowest BCUT2D eigenvalue weighted by Crippen LogP contribution is -2.49. The minimum absolute atomic E-state index is 0.0394. The molecule has 4 atom stereocenters. The fraction of sp³-hybridized carbons (Fsp3) is 0.500. The maximum atomic E-state index is 11.0. The number of nitrogens with one attached hydrogen (secondary N) is 1. The summed E-state index contributed by atoms with van der Waals surface area (Å²) in [6.45, 7) is 0. The van der Waals surface area contributed by atoms with Gasteiger partial charge in [0.15, 0.2) is 0 Å². The Morgan fingerprint density at radius 2 is 2.50 bits per heavy atom. The summed E-state index contributed by atoms with van der Waals surface area (Å²) in [7, 11) is 0. The third-order valence-electron chi connectivity index (χ3n) is 4.04. The van der Waals surface area contributed by atoms with E-state index in [1.807, 2.05) is 17.5 Å². The lowest BCUT2D eigenvalue weighted by molar-refractivity contribution is -0.137. The molecular formula is C14H17NO2S. The minimum atomic E-state index is -0.737. The molecule has 0 aliphatic heterocycles. The van der Waals surface area contributed by atoms with Crippen LogP contribution in [0.2, 0.25) is 0 Å². The summed E-state index contributed by atoms with van der Waals surface area (Å²) in [4.78, 5) is 12.1. The summed E-state index contributed by atoms with van der Waals surface area (Å²) in [5, 5.41) is 14.6. The summed E-state index contributed by atoms with van der Waals surface area (Å²) >= 11 is 1.63. The van der Waals surface area contributed by atoms with E-state index in [9.17, 15) is 4.79 Å². The molecule has 2 aliphatic rings. The van der Waals surface area contributed by atoms with Crippen LogP contribution < -0.4 is 5.32 Å². The van der Waals surface area contributed by atoms with Crippen LogP contribution >= 0.6 is 11.3 Å². The van der Waals surface area contributed by atoms with Crippen molar-refractivity contribution in [2.24, 2.45) is 11.8 Å². The zero-order valence-electron chi connectivity index (χ0n) is 10.1. The van der Waals surface area contributed by atoms with Crippen molar-refractivity contribution in [3.05, 3.63) is 34.5 Å². The predicted octanol–water partition coefficient (Wildman–Crippen LogP) is 2.82. The first-order valence-corrected chi connectivity index (χ1v) is 7.30. The van der Waals surface area contributed by atoms with Gasteiger partial charge in [-0.25, -0.2) is 0 Å². The van der Waals surface area contributed by atoms with Gasteiger partial charge in [-0.1, -0.05) is 18.2 Å². The Hall–Kier alpha value is -1.13. The molecule has 0 radical (unpaired) electrons. The fourth-order valence-corrected chi connectivity index (χ4v) is 3.86. The molecule has 2 aliphatic carbocycles. The Bertz CT molecular complexity index is 454. The standard InChI is InChI=1S/C14H17NO2S/c16-14(17)8-12(13-5-2-6-18-13)15-11-7-9-3-1-4-10(9)11/h1-2,4-6,9-12,15H,3,7-8H2,(H,16,17). The molecule has 0 spiro atoms. The van der Waals surface area contributed by atoms with Crippen LogP contribution in [0.1, 0.15) is 30.2 Å². The highest BCUT2D eigenvalue weighted by molar-refractivity contribution is 7.10. The predicted molar refractivity (Wildman–Crippen MR) is 71.6 cm³/mol. The van der Waals surface area contributed by atoms with E-state index in [0.717, 1.165) is 10.8 Å². The number of rotatable bonds is 5. The monoisotopic (exact) mass is 263 g/mol. The summed E-state index contributed by atoms with van der Waals surface area (Å²) in [6.07, 6.45) is 7.09. The number of carboxylic acids is 1. The van der Waals surface area contributed by atoms with Crippen molar-refractivity contribution in [2.45, 2.75) is 31.3 Å². The van der Waals surface area contributed by atoms with Crippen molar-refractivity contribution in [1.29, 1.82) is 0 Å². The van der Waals surface area contributed by atoms with Crippen LogP contribution in [-0.2, 0) is 4.79 Å². The molecule has 96 valence electrons. The molecule has 1 aromatic heterocycles. The van der Waals surface area contributed by atoms with E-state index in [4.69, 9.17) is 5.11 Å². The van der Waals surface area contributed by atoms with E-state index >= 15 is 0 Å². The number of allylic oxidation sites excluding steroid dienone is 1. The van der Waals surface area contributed by atoms with Crippen LogP contribution in [0.15, 0.2) is 29.7 Å². The van der Waals surface area contributed by atoms with Gasteiger partial charge in [0.2, 0.25) is 0 Å². The first-order valence-electron chi connectivity index (χ1n) is 6.42. The number of thiophene rings is 1. The second-order valence-corrected chi connectivity index (χ2v) is 6.16. The molecule has 0 amide bonds. The maximum absolute atomic E-state index is 11.0. The normalized spacial score (nSPS) is 30.8. The van der Waals surface area contributed by atoms with Crippen molar-refractivity contribution in [1.82, 2.24) is 5.32 Å². The zero-order chi connectivity index (χ0) is 12.5. The first-order chi connectivity index (χ1) is 8.74. The Balaban J connectivity index is 1.66. The van der Waals surface area contributed by atoms with Gasteiger partial charge in [-0.2, -0.15) is 0 Å². The third-order valence-corrected chi connectivity index (χ3v) is 5.03. The smallest absolute Gasteiger partial charge is 0.305 e. The van der Waals surface area contributed by atoms with E-state index in [1.165, 1.54) is 12.8 Å². The van der Waals surface area contributed by atoms with Crippen LogP contribution in [-0.4, -0.2) is 17.1 Å². The highest BCUT2D eigenvalue weighted by Crippen LogP contribution is 2.43. The number of hydrogen-bond donors (Lipinski definition) is 2. The number of fused-ring (bicyclic) bond motifs is 1. The van der Waals surface area contributed by atoms with Crippen LogP contribution in [0.3, 0.4) is 0 Å². The lowest BCUT2D eigenvalue weighted by Gasteiger charge is -2.42. The van der Waals surface area contributed by atoms with E-state index in [2.05, 4.69) is 17.5 Å². The average molecular weight is 263 g/mol. The quantitative estimate of drug-likeness (QED) is 0.803. The molecule has 3 nitrogen and oxygen atoms in total. The molecule has 18 heavy (non-hydrogen) atoms. The second kappa shape index (κ2) is 4.86. The topological polar surface area (TPSA) is 49.3 Å². The third kappa shape index (κ3) is 2.22. The van der Waals surface area contributed by atoms with Crippen molar-refractivity contribution in [3.8, 4) is 0 Å². The maximum Gasteiger partial charge on any atom is 0.305 e. The molecule has 3 rings (SSSR count). The Kier molecular flexibility index (Phi) is 3.22. The molecule has 0 bridgehead atoms. The van der Waals surface area contributed by atoms with E-state index < -0.39 is 5.97 Å². The molecule has 0 aromatic carbocycles. The van der Waals surface area contributed by atoms with Crippen LogP contribution in [0.25, 0.3) is 0 Å². The van der Waals surface area contributed by atoms with Gasteiger partial charge >= 0.3 is 5.97 Å². The molecule has 1 heterocycles. The van der Waals surface area contributed by atoms with Gasteiger partial charge in [-0.15, -0.1) is 11.3 Å². The van der Waals surface area contributed by atoms with Gasteiger partial charge in [-0.3, -0.25) is 4.79 Å². The summed E-state index contributed by atoms with van der Waals surface area (Å²) in [6, 6.07) is 4.42. The molecule has 1 fully saturated rings. The number of hydrogen-bond acceptors (Lipinski definition) is 3. The molecule has 1 aromatic rings. The van der Waals surface area contributed by atoms with Crippen LogP contribution in [0.4, 0.5) is 0 Å². The van der Waals surface area contributed by atoms with Gasteiger partial charge in [-0.05, 0) is 36.1 Å². The number of carboxylic acid groups (broad SMARTS) is 1. The first kappa shape index (κ1) is 11.9. The molecule has 0 saturated heterocycles. The highest BCUT2D eigenvalue weighted by Gasteiger charge is 2.41. The largest absolute Gasteiger partial charge is 0.481 e. The Morgan fingerprint density at radius 1 is 1.61 bits per heavy atom. The van der Waals surface area contributed by atoms with Crippen molar-refractivity contribution >= 4 is 17.3 Å². The summed E-state index contributed by atoms with van der Waals surface area (Å²) in [5.74, 6) is 0.691.